The van der Waals surface area contributed by atoms with Crippen molar-refractivity contribution in [2.24, 2.45) is 0 Å². The van der Waals surface area contributed by atoms with E-state index in [-0.39, 0.29) is 5.70 Å². The lowest BCUT2D eigenvalue weighted by Crippen LogP contribution is -2.15. The first kappa shape index (κ1) is 15.2. The zero-order valence-electron chi connectivity index (χ0n) is 11.9. The van der Waals surface area contributed by atoms with Crippen LogP contribution in [0, 0.1) is 0 Å². The molecular weight excluding hydrogens is 290 g/mol. The van der Waals surface area contributed by atoms with E-state index in [1.165, 1.54) is 25.2 Å². The number of carbonyl (C=O) groups is 2. The van der Waals surface area contributed by atoms with Gasteiger partial charge in [-0.2, -0.15) is 0 Å². The Labute approximate surface area is 125 Å². The van der Waals surface area contributed by atoms with Crippen molar-refractivity contribution in [1.82, 2.24) is 20.2 Å². The molecule has 0 saturated heterocycles. The molecule has 1 N–H and O–H groups in total. The summed E-state index contributed by atoms with van der Waals surface area (Å²) >= 11 is 0. The number of nitrogens with zero attached hydrogens (tertiary/aromatic N) is 4. The molecule has 0 radical (unpaired) electrons. The third kappa shape index (κ3) is 3.66. The fourth-order valence-corrected chi connectivity index (χ4v) is 1.59. The lowest BCUT2D eigenvalue weighted by Gasteiger charge is -2.10. The van der Waals surface area contributed by atoms with Gasteiger partial charge in [-0.1, -0.05) is 6.07 Å². The standard InChI is InChI=1S/C13H13N5O4/c1-21-12(19)7-11(13(20)22-2)15-9-4-3-5-10(6-9)18-8-14-16-17-18/h3-8,15H,1-2H3/b11-7+. The van der Waals surface area contributed by atoms with Crippen LogP contribution in [0.3, 0.4) is 0 Å². The molecule has 1 aromatic heterocycles. The fraction of sp³-hybridized carbons (Fsp3) is 0.154. The van der Waals surface area contributed by atoms with Gasteiger partial charge in [0.2, 0.25) is 0 Å². The molecule has 0 aliphatic carbocycles. The predicted octanol–water partition coefficient (Wildman–Crippen LogP) is 0.304. The minimum atomic E-state index is -0.696. The van der Waals surface area contributed by atoms with Gasteiger partial charge < -0.3 is 14.8 Å². The van der Waals surface area contributed by atoms with Gasteiger partial charge in [0, 0.05) is 5.69 Å². The summed E-state index contributed by atoms with van der Waals surface area (Å²) in [5.41, 5.74) is 1.18. The summed E-state index contributed by atoms with van der Waals surface area (Å²) in [4.78, 5) is 23.0. The van der Waals surface area contributed by atoms with Gasteiger partial charge in [0.05, 0.1) is 26.0 Å². The van der Waals surface area contributed by atoms with Crippen molar-refractivity contribution >= 4 is 17.6 Å². The maximum absolute atomic E-state index is 11.7. The molecule has 0 spiro atoms. The lowest BCUT2D eigenvalue weighted by atomic mass is 10.2. The maximum Gasteiger partial charge on any atom is 0.354 e. The quantitative estimate of drug-likeness (QED) is 0.621. The van der Waals surface area contributed by atoms with E-state index >= 15 is 0 Å². The number of aromatic nitrogens is 4. The van der Waals surface area contributed by atoms with Crippen molar-refractivity contribution in [1.29, 1.82) is 0 Å². The SMILES string of the molecule is COC(=O)/C=C(/Nc1cccc(-n2cnnn2)c1)C(=O)OC. The minimum absolute atomic E-state index is 0.0526. The molecule has 0 aliphatic heterocycles. The number of nitrogens with one attached hydrogen (secondary N) is 1. The molecule has 0 bridgehead atoms. The van der Waals surface area contributed by atoms with Crippen LogP contribution in [0.1, 0.15) is 0 Å². The number of carbonyl (C=O) groups excluding carboxylic acids is 2. The van der Waals surface area contributed by atoms with Crippen LogP contribution < -0.4 is 5.32 Å². The molecule has 114 valence electrons. The van der Waals surface area contributed by atoms with E-state index in [0.29, 0.717) is 11.4 Å². The Bertz CT molecular complexity index is 696. The number of rotatable bonds is 5. The van der Waals surface area contributed by atoms with Crippen LogP contribution in [0.25, 0.3) is 5.69 Å². The van der Waals surface area contributed by atoms with Crippen molar-refractivity contribution in [3.63, 3.8) is 0 Å². The molecule has 0 atom stereocenters. The highest BCUT2D eigenvalue weighted by Gasteiger charge is 2.13. The van der Waals surface area contributed by atoms with Gasteiger partial charge in [0.1, 0.15) is 12.0 Å². The van der Waals surface area contributed by atoms with Gasteiger partial charge in [0.15, 0.2) is 0 Å². The topological polar surface area (TPSA) is 108 Å². The molecule has 1 aromatic carbocycles. The highest BCUT2D eigenvalue weighted by atomic mass is 16.5. The Hall–Kier alpha value is -3.23. The average molecular weight is 303 g/mol. The number of hydrogen-bond donors (Lipinski definition) is 1. The van der Waals surface area contributed by atoms with E-state index in [1.54, 1.807) is 24.3 Å². The molecule has 9 nitrogen and oxygen atoms in total. The van der Waals surface area contributed by atoms with Gasteiger partial charge in [-0.25, -0.2) is 14.3 Å². The molecule has 0 saturated carbocycles. The molecule has 2 rings (SSSR count). The monoisotopic (exact) mass is 303 g/mol. The van der Waals surface area contributed by atoms with E-state index in [0.717, 1.165) is 6.08 Å². The molecule has 0 aliphatic rings. The Morgan fingerprint density at radius 2 is 2.09 bits per heavy atom. The molecule has 22 heavy (non-hydrogen) atoms. The summed E-state index contributed by atoms with van der Waals surface area (Å²) in [6.07, 6.45) is 2.44. The van der Waals surface area contributed by atoms with Crippen LogP contribution in [-0.2, 0) is 19.1 Å². The first-order chi connectivity index (χ1) is 10.6. The smallest absolute Gasteiger partial charge is 0.354 e. The van der Waals surface area contributed by atoms with Crippen molar-refractivity contribution in [2.75, 3.05) is 19.5 Å². The number of methoxy groups -OCH3 is 2. The Morgan fingerprint density at radius 3 is 2.73 bits per heavy atom. The zero-order chi connectivity index (χ0) is 15.9. The number of tetrazole rings is 1. The van der Waals surface area contributed by atoms with Crippen molar-refractivity contribution < 1.29 is 19.1 Å². The van der Waals surface area contributed by atoms with Gasteiger partial charge >= 0.3 is 11.9 Å². The maximum atomic E-state index is 11.7. The van der Waals surface area contributed by atoms with Crippen LogP contribution in [0.15, 0.2) is 42.4 Å². The fourth-order valence-electron chi connectivity index (χ4n) is 1.59. The highest BCUT2D eigenvalue weighted by Crippen LogP contribution is 2.16. The summed E-state index contributed by atoms with van der Waals surface area (Å²) in [7, 11) is 2.43. The van der Waals surface area contributed by atoms with Crippen molar-refractivity contribution in [3.05, 3.63) is 42.4 Å². The summed E-state index contributed by atoms with van der Waals surface area (Å²) < 4.78 is 10.6. The third-order valence-corrected chi connectivity index (χ3v) is 2.61. The van der Waals surface area contributed by atoms with Crippen LogP contribution >= 0.6 is 0 Å². The third-order valence-electron chi connectivity index (χ3n) is 2.61. The summed E-state index contributed by atoms with van der Waals surface area (Å²) in [6.45, 7) is 0. The molecule has 0 unspecified atom stereocenters. The second kappa shape index (κ2) is 6.97. The van der Waals surface area contributed by atoms with Crippen LogP contribution in [0.2, 0.25) is 0 Å². The normalized spacial score (nSPS) is 10.9. The highest BCUT2D eigenvalue weighted by molar-refractivity contribution is 5.98. The molecule has 2 aromatic rings. The van der Waals surface area contributed by atoms with Crippen molar-refractivity contribution in [3.8, 4) is 5.69 Å². The van der Waals surface area contributed by atoms with Gasteiger partial charge in [0.25, 0.3) is 0 Å². The van der Waals surface area contributed by atoms with Gasteiger partial charge in [-0.05, 0) is 28.6 Å². The van der Waals surface area contributed by atoms with Crippen LogP contribution in [0.5, 0.6) is 0 Å². The zero-order valence-corrected chi connectivity index (χ0v) is 11.9. The summed E-state index contributed by atoms with van der Waals surface area (Å²) in [5, 5.41) is 13.7. The largest absolute Gasteiger partial charge is 0.466 e. The van der Waals surface area contributed by atoms with E-state index in [4.69, 9.17) is 0 Å². The molecule has 0 amide bonds. The lowest BCUT2D eigenvalue weighted by molar-refractivity contribution is -0.138. The minimum Gasteiger partial charge on any atom is -0.466 e. The summed E-state index contributed by atoms with van der Waals surface area (Å²) in [6, 6.07) is 6.93. The second-order valence-electron chi connectivity index (χ2n) is 4.00. The molecule has 9 heteroatoms. The van der Waals surface area contributed by atoms with Gasteiger partial charge in [-0.15, -0.1) is 5.10 Å². The number of anilines is 1. The first-order valence-electron chi connectivity index (χ1n) is 6.12. The average Bonchev–Trinajstić information content (AvgIpc) is 3.08. The van der Waals surface area contributed by atoms with Crippen molar-refractivity contribution in [2.45, 2.75) is 0 Å². The van der Waals surface area contributed by atoms with Gasteiger partial charge in [-0.3, -0.25) is 0 Å². The Morgan fingerprint density at radius 1 is 1.27 bits per heavy atom. The summed E-state index contributed by atoms with van der Waals surface area (Å²) in [5.74, 6) is -1.37. The van der Waals surface area contributed by atoms with E-state index < -0.39 is 11.9 Å². The molecule has 0 fully saturated rings. The predicted molar refractivity (Wildman–Crippen MR) is 74.9 cm³/mol. The van der Waals surface area contributed by atoms with E-state index in [1.807, 2.05) is 0 Å². The number of ether oxygens (including phenoxy) is 2. The number of hydrogen-bond acceptors (Lipinski definition) is 8. The second-order valence-corrected chi connectivity index (χ2v) is 4.00. The van der Waals surface area contributed by atoms with Crippen LogP contribution in [0.4, 0.5) is 5.69 Å². The van der Waals surface area contributed by atoms with E-state index in [2.05, 4.69) is 30.3 Å². The van der Waals surface area contributed by atoms with E-state index in [9.17, 15) is 9.59 Å². The van der Waals surface area contributed by atoms with Crippen LogP contribution in [-0.4, -0.2) is 46.4 Å². The Kier molecular flexibility index (Phi) is 4.81. The number of esters is 2. The first-order valence-corrected chi connectivity index (χ1v) is 6.12. The molecule has 1 heterocycles. The molecular formula is C13H13N5O4. The Balaban J connectivity index is 2.27. The number of benzene rings is 1.